The van der Waals surface area contributed by atoms with Crippen LogP contribution in [0.3, 0.4) is 0 Å². The van der Waals surface area contributed by atoms with Crippen LogP contribution in [0.4, 0.5) is 5.69 Å². The van der Waals surface area contributed by atoms with Crippen molar-refractivity contribution in [3.63, 3.8) is 0 Å². The Morgan fingerprint density at radius 2 is 1.71 bits per heavy atom. The molecule has 7 nitrogen and oxygen atoms in total. The van der Waals surface area contributed by atoms with E-state index in [0.29, 0.717) is 16.3 Å². The lowest BCUT2D eigenvalue weighted by atomic mass is 10.1. The van der Waals surface area contributed by atoms with Crippen molar-refractivity contribution in [1.82, 2.24) is 0 Å². The first kappa shape index (κ1) is 19.4. The second-order valence-electron chi connectivity index (χ2n) is 5.58. The standard InChI is InChI=1S/C19H11ClN2O5S/c20-14-3-8-17(9-4-14)28(25,26)18(12-21)11-16-7-10-19(27-16)13-1-5-15(6-2-13)22(23)24/h1-11H/b18-11-. The summed E-state index contributed by atoms with van der Waals surface area (Å²) in [6.45, 7) is 0. The summed E-state index contributed by atoms with van der Waals surface area (Å²) >= 11 is 5.77. The Kier molecular flexibility index (Phi) is 5.31. The van der Waals surface area contributed by atoms with Gasteiger partial charge in [-0.25, -0.2) is 8.42 Å². The Balaban J connectivity index is 1.93. The largest absolute Gasteiger partial charge is 0.457 e. The monoisotopic (exact) mass is 414 g/mol. The Labute approximate surface area is 165 Å². The number of hydrogen-bond acceptors (Lipinski definition) is 6. The number of hydrogen-bond donors (Lipinski definition) is 0. The Bertz CT molecular complexity index is 1200. The number of halogens is 1. The number of non-ortho nitro benzene ring substituents is 1. The van der Waals surface area contributed by atoms with E-state index in [1.807, 2.05) is 0 Å². The number of sulfone groups is 1. The third kappa shape index (κ3) is 3.96. The third-order valence-corrected chi connectivity index (χ3v) is 5.72. The maximum atomic E-state index is 12.6. The van der Waals surface area contributed by atoms with Crippen molar-refractivity contribution in [2.45, 2.75) is 4.90 Å². The maximum absolute atomic E-state index is 12.6. The number of benzene rings is 2. The van der Waals surface area contributed by atoms with Gasteiger partial charge in [0.1, 0.15) is 17.6 Å². The molecule has 0 saturated carbocycles. The summed E-state index contributed by atoms with van der Waals surface area (Å²) in [5.74, 6) is 0.532. The fourth-order valence-corrected chi connectivity index (χ4v) is 3.64. The lowest BCUT2D eigenvalue weighted by molar-refractivity contribution is -0.384. The van der Waals surface area contributed by atoms with E-state index in [-0.39, 0.29) is 16.3 Å². The predicted molar refractivity (Wildman–Crippen MR) is 103 cm³/mol. The van der Waals surface area contributed by atoms with E-state index >= 15 is 0 Å². The van der Waals surface area contributed by atoms with Gasteiger partial charge in [0, 0.05) is 28.8 Å². The number of rotatable bonds is 5. The van der Waals surface area contributed by atoms with Crippen molar-refractivity contribution in [3.05, 3.63) is 86.5 Å². The minimum atomic E-state index is -4.03. The van der Waals surface area contributed by atoms with Gasteiger partial charge in [0.15, 0.2) is 4.91 Å². The Morgan fingerprint density at radius 1 is 1.07 bits per heavy atom. The summed E-state index contributed by atoms with van der Waals surface area (Å²) in [4.78, 5) is 9.65. The van der Waals surface area contributed by atoms with Crippen LogP contribution in [0.15, 0.2) is 74.9 Å². The van der Waals surface area contributed by atoms with Crippen molar-refractivity contribution in [2.75, 3.05) is 0 Å². The number of nitriles is 1. The molecule has 0 aliphatic carbocycles. The summed E-state index contributed by atoms with van der Waals surface area (Å²) in [6, 6.07) is 15.9. The number of nitrogens with zero attached hydrogens (tertiary/aromatic N) is 2. The van der Waals surface area contributed by atoms with Crippen LogP contribution < -0.4 is 0 Å². The molecule has 0 atom stereocenters. The second-order valence-corrected chi connectivity index (χ2v) is 7.94. The summed E-state index contributed by atoms with van der Waals surface area (Å²) in [5.41, 5.74) is 0.514. The smallest absolute Gasteiger partial charge is 0.269 e. The quantitative estimate of drug-likeness (QED) is 0.335. The molecule has 0 spiro atoms. The molecule has 1 heterocycles. The van der Waals surface area contributed by atoms with Crippen molar-refractivity contribution >= 4 is 33.2 Å². The fraction of sp³-hybridized carbons (Fsp3) is 0. The van der Waals surface area contributed by atoms with Gasteiger partial charge in [0.2, 0.25) is 9.84 Å². The fourth-order valence-electron chi connectivity index (χ4n) is 2.37. The van der Waals surface area contributed by atoms with Crippen LogP contribution in [0.5, 0.6) is 0 Å². The molecule has 0 aliphatic heterocycles. The lowest BCUT2D eigenvalue weighted by Gasteiger charge is -2.02. The van der Waals surface area contributed by atoms with Gasteiger partial charge in [-0.1, -0.05) is 11.6 Å². The zero-order valence-corrected chi connectivity index (χ0v) is 15.6. The molecule has 9 heteroatoms. The van der Waals surface area contributed by atoms with E-state index in [4.69, 9.17) is 16.0 Å². The van der Waals surface area contributed by atoms with Crippen LogP contribution in [0.2, 0.25) is 5.02 Å². The molecule has 0 unspecified atom stereocenters. The van der Waals surface area contributed by atoms with Crippen LogP contribution in [-0.4, -0.2) is 13.3 Å². The van der Waals surface area contributed by atoms with E-state index in [2.05, 4.69) is 0 Å². The number of allylic oxidation sites excluding steroid dienone is 1. The van der Waals surface area contributed by atoms with Crippen LogP contribution in [0.25, 0.3) is 17.4 Å². The maximum Gasteiger partial charge on any atom is 0.269 e. The van der Waals surface area contributed by atoms with Gasteiger partial charge in [0.05, 0.1) is 9.82 Å². The Morgan fingerprint density at radius 3 is 2.29 bits per heavy atom. The average molecular weight is 415 g/mol. The first-order chi connectivity index (χ1) is 13.3. The van der Waals surface area contributed by atoms with E-state index in [9.17, 15) is 23.8 Å². The molecule has 0 radical (unpaired) electrons. The summed E-state index contributed by atoms with van der Waals surface area (Å²) in [6.07, 6.45) is 1.12. The number of nitro groups is 1. The average Bonchev–Trinajstić information content (AvgIpc) is 3.15. The van der Waals surface area contributed by atoms with Crippen LogP contribution >= 0.6 is 11.6 Å². The highest BCUT2D eigenvalue weighted by Gasteiger charge is 2.21. The molecule has 2 aromatic carbocycles. The molecule has 0 bridgehead atoms. The molecule has 0 N–H and O–H groups in total. The predicted octanol–water partition coefficient (Wildman–Crippen LogP) is 4.85. The summed E-state index contributed by atoms with van der Waals surface area (Å²) in [7, 11) is -4.03. The molecule has 3 rings (SSSR count). The molecular weight excluding hydrogens is 404 g/mol. The lowest BCUT2D eigenvalue weighted by Crippen LogP contribution is -2.03. The van der Waals surface area contributed by atoms with Gasteiger partial charge in [-0.15, -0.1) is 0 Å². The van der Waals surface area contributed by atoms with Gasteiger partial charge < -0.3 is 4.42 Å². The van der Waals surface area contributed by atoms with E-state index < -0.39 is 19.7 Å². The highest BCUT2D eigenvalue weighted by Crippen LogP contribution is 2.27. The van der Waals surface area contributed by atoms with E-state index in [0.717, 1.165) is 6.08 Å². The van der Waals surface area contributed by atoms with Crippen molar-refractivity contribution in [3.8, 4) is 17.4 Å². The molecule has 0 amide bonds. The second kappa shape index (κ2) is 7.68. The molecule has 3 aromatic rings. The zero-order chi connectivity index (χ0) is 20.3. The molecule has 0 saturated heterocycles. The molecule has 1 aromatic heterocycles. The van der Waals surface area contributed by atoms with Gasteiger partial charge in [-0.2, -0.15) is 5.26 Å². The normalized spacial score (nSPS) is 11.8. The van der Waals surface area contributed by atoms with Crippen molar-refractivity contribution in [1.29, 1.82) is 5.26 Å². The summed E-state index contributed by atoms with van der Waals surface area (Å²) < 4.78 is 30.8. The highest BCUT2D eigenvalue weighted by atomic mass is 35.5. The zero-order valence-electron chi connectivity index (χ0n) is 14.1. The first-order valence-electron chi connectivity index (χ1n) is 7.78. The van der Waals surface area contributed by atoms with Crippen molar-refractivity contribution < 1.29 is 17.8 Å². The minimum Gasteiger partial charge on any atom is -0.457 e. The molecule has 0 aliphatic rings. The summed E-state index contributed by atoms with van der Waals surface area (Å²) in [5, 5.41) is 20.4. The highest BCUT2D eigenvalue weighted by molar-refractivity contribution is 7.95. The SMILES string of the molecule is N#C/C(=C/c1ccc(-c2ccc([N+](=O)[O-])cc2)o1)S(=O)(=O)c1ccc(Cl)cc1. The third-order valence-electron chi connectivity index (χ3n) is 3.79. The topological polar surface area (TPSA) is 114 Å². The molecule has 0 fully saturated rings. The molecule has 140 valence electrons. The van der Waals surface area contributed by atoms with Crippen LogP contribution in [-0.2, 0) is 9.84 Å². The number of furan rings is 1. The Hall–Kier alpha value is -3.41. The van der Waals surface area contributed by atoms with E-state index in [1.165, 1.54) is 54.6 Å². The number of nitro benzene ring substituents is 1. The van der Waals surface area contributed by atoms with Crippen LogP contribution in [0.1, 0.15) is 5.76 Å². The molecular formula is C19H11ClN2O5S. The van der Waals surface area contributed by atoms with Gasteiger partial charge in [0.25, 0.3) is 5.69 Å². The van der Waals surface area contributed by atoms with Gasteiger partial charge >= 0.3 is 0 Å². The van der Waals surface area contributed by atoms with Crippen molar-refractivity contribution in [2.24, 2.45) is 0 Å². The molecule has 28 heavy (non-hydrogen) atoms. The minimum absolute atomic E-state index is 0.0590. The first-order valence-corrected chi connectivity index (χ1v) is 9.64. The van der Waals surface area contributed by atoms with Crippen LogP contribution in [0, 0.1) is 21.4 Å². The van der Waals surface area contributed by atoms with Gasteiger partial charge in [-0.05, 0) is 48.5 Å². The van der Waals surface area contributed by atoms with Gasteiger partial charge in [-0.3, -0.25) is 10.1 Å². The van der Waals surface area contributed by atoms with E-state index in [1.54, 1.807) is 12.1 Å².